The van der Waals surface area contributed by atoms with Gasteiger partial charge in [-0.2, -0.15) is 0 Å². The van der Waals surface area contributed by atoms with Crippen LogP contribution in [0.15, 0.2) is 30.5 Å². The number of aromatic nitrogens is 1. The molecule has 1 heterocycles. The van der Waals surface area contributed by atoms with Crippen molar-refractivity contribution < 1.29 is 19.5 Å². The molecule has 27 heavy (non-hydrogen) atoms. The molecule has 1 aromatic carbocycles. The number of amides is 2. The summed E-state index contributed by atoms with van der Waals surface area (Å²) in [4.78, 5) is 38.6. The van der Waals surface area contributed by atoms with Crippen LogP contribution in [0.25, 0.3) is 10.9 Å². The Bertz CT molecular complexity index is 817. The maximum absolute atomic E-state index is 12.5. The van der Waals surface area contributed by atoms with Crippen molar-refractivity contribution >= 4 is 28.7 Å². The highest BCUT2D eigenvalue weighted by atomic mass is 16.4. The minimum absolute atomic E-state index is 0.164. The highest BCUT2D eigenvalue weighted by Gasteiger charge is 2.28. The van der Waals surface area contributed by atoms with E-state index in [1.807, 2.05) is 44.3 Å². The number of carboxylic acids is 1. The first-order chi connectivity index (χ1) is 12.8. The van der Waals surface area contributed by atoms with E-state index in [1.54, 1.807) is 0 Å². The summed E-state index contributed by atoms with van der Waals surface area (Å²) in [7, 11) is 0. The first-order valence-corrected chi connectivity index (χ1v) is 8.93. The van der Waals surface area contributed by atoms with Crippen LogP contribution in [0.3, 0.4) is 0 Å². The van der Waals surface area contributed by atoms with Crippen LogP contribution >= 0.6 is 0 Å². The Morgan fingerprint density at radius 1 is 1.22 bits per heavy atom. The molecule has 8 heteroatoms. The molecule has 3 atom stereocenters. The van der Waals surface area contributed by atoms with Gasteiger partial charge in [0.2, 0.25) is 11.8 Å². The number of nitrogens with two attached hydrogens (primary N) is 1. The van der Waals surface area contributed by atoms with Crippen LogP contribution in [-0.4, -0.2) is 46.5 Å². The maximum Gasteiger partial charge on any atom is 0.322 e. The molecular formula is C19H26N4O4. The van der Waals surface area contributed by atoms with E-state index in [0.717, 1.165) is 16.5 Å². The van der Waals surface area contributed by atoms with E-state index < -0.39 is 36.4 Å². The average Bonchev–Trinajstić information content (AvgIpc) is 3.06. The lowest BCUT2D eigenvalue weighted by molar-refractivity contribution is -0.138. The molecule has 0 aliphatic carbocycles. The molecule has 2 rings (SSSR count). The number of hydrogen-bond donors (Lipinski definition) is 5. The quantitative estimate of drug-likeness (QED) is 0.441. The lowest BCUT2D eigenvalue weighted by Gasteiger charge is -2.24. The highest BCUT2D eigenvalue weighted by molar-refractivity contribution is 5.92. The van der Waals surface area contributed by atoms with Crippen molar-refractivity contribution in [2.75, 3.05) is 6.54 Å². The third-order valence-electron chi connectivity index (χ3n) is 4.66. The number of aliphatic carboxylic acids is 1. The van der Waals surface area contributed by atoms with Crippen LogP contribution in [-0.2, 0) is 20.8 Å². The summed E-state index contributed by atoms with van der Waals surface area (Å²) in [5.74, 6) is -2.29. The molecular weight excluding hydrogens is 348 g/mol. The van der Waals surface area contributed by atoms with Crippen LogP contribution in [0.5, 0.6) is 0 Å². The number of carbonyl (C=O) groups is 3. The summed E-state index contributed by atoms with van der Waals surface area (Å²) in [6.07, 6.45) is 2.78. The van der Waals surface area contributed by atoms with Crippen molar-refractivity contribution in [3.8, 4) is 0 Å². The van der Waals surface area contributed by atoms with E-state index in [9.17, 15) is 14.4 Å². The average molecular weight is 374 g/mol. The second-order valence-corrected chi connectivity index (χ2v) is 6.65. The number of hydrogen-bond acceptors (Lipinski definition) is 4. The molecule has 2 aromatic rings. The lowest BCUT2D eigenvalue weighted by atomic mass is 9.97. The topological polar surface area (TPSA) is 137 Å². The number of carbonyl (C=O) groups excluding carboxylic acids is 2. The molecule has 2 amide bonds. The predicted octanol–water partition coefficient (Wildman–Crippen LogP) is 0.769. The fourth-order valence-corrected chi connectivity index (χ4v) is 2.87. The summed E-state index contributed by atoms with van der Waals surface area (Å²) in [6.45, 7) is 3.21. The van der Waals surface area contributed by atoms with Crippen LogP contribution < -0.4 is 16.4 Å². The molecule has 0 saturated carbocycles. The van der Waals surface area contributed by atoms with E-state index in [2.05, 4.69) is 15.6 Å². The molecule has 6 N–H and O–H groups in total. The number of rotatable bonds is 9. The van der Waals surface area contributed by atoms with Gasteiger partial charge in [0.15, 0.2) is 0 Å². The zero-order chi connectivity index (χ0) is 20.0. The molecule has 0 aliphatic rings. The Hall–Kier alpha value is -2.87. The number of benzene rings is 1. The SMILES string of the molecule is CCC(C)C(NC(=O)C(N)Cc1c[nH]c2ccccc12)C(=O)NCC(=O)O. The normalized spacial score (nSPS) is 14.3. The fraction of sp³-hybridized carbons (Fsp3) is 0.421. The largest absolute Gasteiger partial charge is 0.480 e. The summed E-state index contributed by atoms with van der Waals surface area (Å²) in [5.41, 5.74) is 7.94. The molecule has 1 aromatic heterocycles. The van der Waals surface area contributed by atoms with Gasteiger partial charge in [-0.15, -0.1) is 0 Å². The van der Waals surface area contributed by atoms with E-state index in [4.69, 9.17) is 10.8 Å². The number of carboxylic acid groups (broad SMARTS) is 1. The minimum atomic E-state index is -1.14. The van der Waals surface area contributed by atoms with Gasteiger partial charge in [0.25, 0.3) is 0 Å². The lowest BCUT2D eigenvalue weighted by Crippen LogP contribution is -2.55. The Labute approximate surface area is 157 Å². The van der Waals surface area contributed by atoms with Crippen molar-refractivity contribution in [1.29, 1.82) is 0 Å². The molecule has 0 spiro atoms. The first-order valence-electron chi connectivity index (χ1n) is 8.93. The van der Waals surface area contributed by atoms with Crippen molar-refractivity contribution in [1.82, 2.24) is 15.6 Å². The first kappa shape index (κ1) is 20.4. The van der Waals surface area contributed by atoms with Crippen LogP contribution in [0.4, 0.5) is 0 Å². The second kappa shape index (κ2) is 9.18. The molecule has 0 radical (unpaired) electrons. The maximum atomic E-state index is 12.5. The van der Waals surface area contributed by atoms with Crippen molar-refractivity contribution in [3.63, 3.8) is 0 Å². The summed E-state index contributed by atoms with van der Waals surface area (Å²) in [5, 5.41) is 14.7. The third-order valence-corrected chi connectivity index (χ3v) is 4.66. The van der Waals surface area contributed by atoms with Gasteiger partial charge in [0.1, 0.15) is 12.6 Å². The smallest absolute Gasteiger partial charge is 0.322 e. The van der Waals surface area contributed by atoms with Crippen molar-refractivity contribution in [3.05, 3.63) is 36.0 Å². The summed E-state index contributed by atoms with van der Waals surface area (Å²) >= 11 is 0. The number of para-hydroxylation sites is 1. The second-order valence-electron chi connectivity index (χ2n) is 6.65. The molecule has 0 fully saturated rings. The zero-order valence-electron chi connectivity index (χ0n) is 15.5. The standard InChI is InChI=1S/C19H26N4O4/c1-3-11(2)17(19(27)22-10-16(24)25)23-18(26)14(20)8-12-9-21-15-7-5-4-6-13(12)15/h4-7,9,11,14,17,21H,3,8,10,20H2,1-2H3,(H,22,27)(H,23,26)(H,24,25). The van der Waals surface area contributed by atoms with Crippen LogP contribution in [0, 0.1) is 5.92 Å². The predicted molar refractivity (Wildman–Crippen MR) is 102 cm³/mol. The van der Waals surface area contributed by atoms with Gasteiger partial charge >= 0.3 is 5.97 Å². The molecule has 0 bridgehead atoms. The summed E-state index contributed by atoms with van der Waals surface area (Å²) < 4.78 is 0. The van der Waals surface area contributed by atoms with E-state index in [0.29, 0.717) is 12.8 Å². The molecule has 3 unspecified atom stereocenters. The Balaban J connectivity index is 2.04. The monoisotopic (exact) mass is 374 g/mol. The van der Waals surface area contributed by atoms with Gasteiger partial charge in [-0.05, 0) is 24.0 Å². The van der Waals surface area contributed by atoms with Gasteiger partial charge in [-0.3, -0.25) is 14.4 Å². The Morgan fingerprint density at radius 3 is 2.59 bits per heavy atom. The number of nitrogens with one attached hydrogen (secondary N) is 3. The number of H-pyrrole nitrogens is 1. The van der Waals surface area contributed by atoms with Gasteiger partial charge in [0.05, 0.1) is 6.04 Å². The molecule has 0 aliphatic heterocycles. The Kier molecular flexibility index (Phi) is 6.95. The van der Waals surface area contributed by atoms with E-state index in [1.165, 1.54) is 0 Å². The molecule has 0 saturated heterocycles. The minimum Gasteiger partial charge on any atom is -0.480 e. The summed E-state index contributed by atoms with van der Waals surface area (Å²) in [6, 6.07) is 6.06. The fourth-order valence-electron chi connectivity index (χ4n) is 2.87. The van der Waals surface area contributed by atoms with Gasteiger partial charge in [0, 0.05) is 17.1 Å². The third kappa shape index (κ3) is 5.30. The molecule has 146 valence electrons. The van der Waals surface area contributed by atoms with Crippen molar-refractivity contribution in [2.24, 2.45) is 11.7 Å². The zero-order valence-corrected chi connectivity index (χ0v) is 15.5. The van der Waals surface area contributed by atoms with E-state index in [-0.39, 0.29) is 5.92 Å². The van der Waals surface area contributed by atoms with Gasteiger partial charge in [-0.25, -0.2) is 0 Å². The van der Waals surface area contributed by atoms with Gasteiger partial charge < -0.3 is 26.5 Å². The Morgan fingerprint density at radius 2 is 1.93 bits per heavy atom. The van der Waals surface area contributed by atoms with Gasteiger partial charge in [-0.1, -0.05) is 38.5 Å². The highest BCUT2D eigenvalue weighted by Crippen LogP contribution is 2.19. The number of fused-ring (bicyclic) bond motifs is 1. The number of aromatic amines is 1. The van der Waals surface area contributed by atoms with Crippen LogP contribution in [0.1, 0.15) is 25.8 Å². The van der Waals surface area contributed by atoms with E-state index >= 15 is 0 Å². The van der Waals surface area contributed by atoms with Crippen molar-refractivity contribution in [2.45, 2.75) is 38.8 Å². The molecule has 8 nitrogen and oxygen atoms in total. The van der Waals surface area contributed by atoms with Crippen LogP contribution in [0.2, 0.25) is 0 Å².